The summed E-state index contributed by atoms with van der Waals surface area (Å²) in [6, 6.07) is 13.0. The first-order valence-electron chi connectivity index (χ1n) is 11.2. The quantitative estimate of drug-likeness (QED) is 0.366. The minimum atomic E-state index is 0.460. The molecule has 0 aliphatic carbocycles. The van der Waals surface area contributed by atoms with Gasteiger partial charge in [-0.2, -0.15) is 0 Å². The summed E-state index contributed by atoms with van der Waals surface area (Å²) < 4.78 is 4.26. The van der Waals surface area contributed by atoms with Gasteiger partial charge < -0.3 is 9.13 Å². The summed E-state index contributed by atoms with van der Waals surface area (Å²) in [7, 11) is 0. The van der Waals surface area contributed by atoms with Crippen LogP contribution in [-0.2, 0) is 13.1 Å². The lowest BCUT2D eigenvalue weighted by Gasteiger charge is -2.20. The highest BCUT2D eigenvalue weighted by Crippen LogP contribution is 2.30. The summed E-state index contributed by atoms with van der Waals surface area (Å²) >= 11 is 0. The van der Waals surface area contributed by atoms with Crippen molar-refractivity contribution in [3.8, 4) is 5.69 Å². The van der Waals surface area contributed by atoms with E-state index in [9.17, 15) is 0 Å². The van der Waals surface area contributed by atoms with Gasteiger partial charge in [-0.3, -0.25) is 9.88 Å². The molecule has 3 aromatic rings. The van der Waals surface area contributed by atoms with Crippen LogP contribution in [0.1, 0.15) is 75.9 Å². The van der Waals surface area contributed by atoms with Crippen LogP contribution in [0.3, 0.4) is 0 Å². The Kier molecular flexibility index (Phi) is 7.43. The zero-order valence-corrected chi connectivity index (χ0v) is 19.4. The summed E-state index contributed by atoms with van der Waals surface area (Å²) in [5.74, 6) is 0.919. The number of pyridine rings is 1. The minimum absolute atomic E-state index is 0.460. The van der Waals surface area contributed by atoms with Crippen molar-refractivity contribution in [3.05, 3.63) is 77.6 Å². The van der Waals surface area contributed by atoms with E-state index in [1.807, 2.05) is 0 Å². The van der Waals surface area contributed by atoms with E-state index in [1.54, 1.807) is 0 Å². The van der Waals surface area contributed by atoms with Gasteiger partial charge in [0.25, 0.3) is 0 Å². The van der Waals surface area contributed by atoms with E-state index in [0.717, 1.165) is 37.6 Å². The molecule has 1 aromatic carbocycles. The standard InChI is InChI=1S/C26H36N4/c1-7-28(8-2)17-22-11-9-12-23(27-22)18-29-15-16-30(19-29)26-24(20(3)4)13-10-14-25(26)21(5)6/h9-16,20-21H,7-8,17-18H2,1-6H3. The summed E-state index contributed by atoms with van der Waals surface area (Å²) in [6.07, 6.45) is 7.75. The van der Waals surface area contributed by atoms with Gasteiger partial charge in [0.05, 0.1) is 17.1 Å². The normalized spacial score (nSPS) is 11.8. The summed E-state index contributed by atoms with van der Waals surface area (Å²) in [6.45, 7) is 17.1. The molecule has 0 aliphatic rings. The average molecular weight is 405 g/mol. The highest BCUT2D eigenvalue weighted by molar-refractivity contribution is 5.50. The van der Waals surface area contributed by atoms with Gasteiger partial charge in [-0.15, -0.1) is 0 Å². The number of hydrogen-bond acceptors (Lipinski definition) is 2. The molecule has 0 fully saturated rings. The smallest absolute Gasteiger partial charge is 0.243 e. The van der Waals surface area contributed by atoms with Gasteiger partial charge in [-0.05, 0) is 48.2 Å². The number of hydrogen-bond donors (Lipinski definition) is 0. The fraction of sp³-hybridized carbons (Fsp3) is 0.462. The lowest BCUT2D eigenvalue weighted by Crippen LogP contribution is -2.33. The molecule has 0 saturated carbocycles. The van der Waals surface area contributed by atoms with Crippen LogP contribution in [-0.4, -0.2) is 27.5 Å². The monoisotopic (exact) mass is 404 g/mol. The third kappa shape index (κ3) is 5.17. The molecular formula is C26H36N4. The van der Waals surface area contributed by atoms with E-state index >= 15 is 0 Å². The topological polar surface area (TPSA) is 24.9 Å². The van der Waals surface area contributed by atoms with Crippen LogP contribution in [0, 0.1) is 6.33 Å². The maximum absolute atomic E-state index is 4.89. The maximum atomic E-state index is 4.89. The summed E-state index contributed by atoms with van der Waals surface area (Å²) in [4.78, 5) is 7.27. The zero-order chi connectivity index (χ0) is 21.7. The van der Waals surface area contributed by atoms with Crippen LogP contribution >= 0.6 is 0 Å². The molecule has 0 aliphatic heterocycles. The minimum Gasteiger partial charge on any atom is -0.326 e. The van der Waals surface area contributed by atoms with Crippen molar-refractivity contribution in [2.45, 2.75) is 66.5 Å². The lowest BCUT2D eigenvalue weighted by atomic mass is 9.92. The van der Waals surface area contributed by atoms with Crippen molar-refractivity contribution in [3.63, 3.8) is 0 Å². The molecule has 4 nitrogen and oxygen atoms in total. The first kappa shape index (κ1) is 22.2. The van der Waals surface area contributed by atoms with Crippen molar-refractivity contribution in [1.82, 2.24) is 14.5 Å². The molecule has 2 aromatic heterocycles. The van der Waals surface area contributed by atoms with E-state index in [4.69, 9.17) is 4.98 Å². The SMILES string of the molecule is CCN(CC)Cc1cccc(C[n+]2[c-]n(-c3c(C(C)C)cccc3C(C)C)cc2)n1. The summed E-state index contributed by atoms with van der Waals surface area (Å²) in [5, 5.41) is 0. The average Bonchev–Trinajstić information content (AvgIpc) is 3.19. The van der Waals surface area contributed by atoms with Crippen molar-refractivity contribution >= 4 is 0 Å². The first-order valence-corrected chi connectivity index (χ1v) is 11.2. The van der Waals surface area contributed by atoms with Crippen molar-refractivity contribution in [2.24, 2.45) is 0 Å². The predicted molar refractivity (Wildman–Crippen MR) is 123 cm³/mol. The van der Waals surface area contributed by atoms with Crippen LogP contribution in [0.15, 0.2) is 48.8 Å². The van der Waals surface area contributed by atoms with Crippen LogP contribution in [0.25, 0.3) is 5.69 Å². The molecule has 3 rings (SSSR count). The van der Waals surface area contributed by atoms with E-state index in [2.05, 4.69) is 111 Å². The zero-order valence-electron chi connectivity index (χ0n) is 19.4. The Hall–Kier alpha value is -2.46. The largest absolute Gasteiger partial charge is 0.326 e. The Morgan fingerprint density at radius 2 is 1.53 bits per heavy atom. The Labute approximate surface area is 182 Å². The lowest BCUT2D eigenvalue weighted by molar-refractivity contribution is -0.692. The molecule has 2 heterocycles. The molecule has 4 heteroatoms. The molecule has 30 heavy (non-hydrogen) atoms. The molecule has 160 valence electrons. The second-order valence-electron chi connectivity index (χ2n) is 8.57. The Bertz CT molecular complexity index is 925. The first-order chi connectivity index (χ1) is 14.4. The number of para-hydroxylation sites is 1. The number of imidazole rings is 1. The maximum Gasteiger partial charge on any atom is 0.243 e. The van der Waals surface area contributed by atoms with Gasteiger partial charge in [0, 0.05) is 18.9 Å². The number of rotatable bonds is 9. The van der Waals surface area contributed by atoms with Gasteiger partial charge in [0.2, 0.25) is 6.33 Å². The molecule has 0 N–H and O–H groups in total. The third-order valence-corrected chi connectivity index (χ3v) is 5.69. The van der Waals surface area contributed by atoms with Gasteiger partial charge >= 0.3 is 0 Å². The van der Waals surface area contributed by atoms with Crippen LogP contribution in [0.2, 0.25) is 0 Å². The third-order valence-electron chi connectivity index (χ3n) is 5.69. The van der Waals surface area contributed by atoms with Gasteiger partial charge in [-0.25, -0.2) is 0 Å². The summed E-state index contributed by atoms with van der Waals surface area (Å²) in [5.41, 5.74) is 6.19. The molecule has 0 amide bonds. The number of nitrogens with zero attached hydrogens (tertiary/aromatic N) is 4. The Morgan fingerprint density at radius 3 is 2.13 bits per heavy atom. The highest BCUT2D eigenvalue weighted by atomic mass is 15.1. The van der Waals surface area contributed by atoms with E-state index in [0.29, 0.717) is 11.8 Å². The van der Waals surface area contributed by atoms with Crippen molar-refractivity contribution in [2.75, 3.05) is 13.1 Å². The van der Waals surface area contributed by atoms with E-state index in [1.165, 1.54) is 16.8 Å². The van der Waals surface area contributed by atoms with E-state index in [-0.39, 0.29) is 0 Å². The fourth-order valence-corrected chi connectivity index (χ4v) is 3.91. The number of aromatic nitrogens is 3. The molecule has 0 unspecified atom stereocenters. The number of benzene rings is 1. The molecule has 0 atom stereocenters. The molecular weight excluding hydrogens is 368 g/mol. The van der Waals surface area contributed by atoms with Gasteiger partial charge in [-0.1, -0.05) is 65.8 Å². The van der Waals surface area contributed by atoms with Crippen LogP contribution < -0.4 is 4.57 Å². The molecule has 0 bridgehead atoms. The molecule has 0 spiro atoms. The molecule has 0 saturated heterocycles. The fourth-order valence-electron chi connectivity index (χ4n) is 3.91. The molecule has 0 radical (unpaired) electrons. The van der Waals surface area contributed by atoms with Crippen molar-refractivity contribution in [1.29, 1.82) is 0 Å². The Balaban J connectivity index is 1.87. The van der Waals surface area contributed by atoms with Gasteiger partial charge in [0.15, 0.2) is 0 Å². The second kappa shape index (κ2) is 10.0. The highest BCUT2D eigenvalue weighted by Gasteiger charge is 2.15. The van der Waals surface area contributed by atoms with Crippen LogP contribution in [0.5, 0.6) is 0 Å². The second-order valence-corrected chi connectivity index (χ2v) is 8.57. The predicted octanol–water partition coefficient (Wildman–Crippen LogP) is 5.10. The van der Waals surface area contributed by atoms with Gasteiger partial charge in [0.1, 0.15) is 6.54 Å². The Morgan fingerprint density at radius 1 is 0.933 bits per heavy atom. The van der Waals surface area contributed by atoms with Crippen LogP contribution in [0.4, 0.5) is 0 Å². The van der Waals surface area contributed by atoms with Crippen molar-refractivity contribution < 1.29 is 4.57 Å². The van der Waals surface area contributed by atoms with E-state index < -0.39 is 0 Å².